The van der Waals surface area contributed by atoms with Gasteiger partial charge in [-0.15, -0.1) is 0 Å². The third-order valence-electron chi connectivity index (χ3n) is 1.21. The molecule has 74 valence electrons. The van der Waals surface area contributed by atoms with E-state index in [1.807, 2.05) is 0 Å². The predicted molar refractivity (Wildman–Crippen MR) is 47.5 cm³/mol. The molecule has 0 aliphatic heterocycles. The maximum atomic E-state index is 11.1. The molecule has 0 unspecified atom stereocenters. The average molecular weight is 187 g/mol. The van der Waals surface area contributed by atoms with Crippen LogP contribution in [-0.4, -0.2) is 39.6 Å². The summed E-state index contributed by atoms with van der Waals surface area (Å²) in [6.07, 6.45) is 0. The predicted octanol–water partition coefficient (Wildman–Crippen LogP) is 0.364. The lowest BCUT2D eigenvalue weighted by Crippen LogP contribution is -2.20. The van der Waals surface area contributed by atoms with Crippen LogP contribution < -0.4 is 0 Å². The first-order valence-electron chi connectivity index (χ1n) is 3.53. The van der Waals surface area contributed by atoms with Gasteiger partial charge in [-0.1, -0.05) is 11.7 Å². The summed E-state index contributed by atoms with van der Waals surface area (Å²) in [6, 6.07) is 0. The highest BCUT2D eigenvalue weighted by Crippen LogP contribution is 1.98. The van der Waals surface area contributed by atoms with Crippen LogP contribution in [0.4, 0.5) is 0 Å². The molecule has 0 atom stereocenters. The fourth-order valence-electron chi connectivity index (χ4n) is 0.677. The van der Waals surface area contributed by atoms with Gasteiger partial charge in [0.05, 0.1) is 13.7 Å². The molecule has 0 aliphatic rings. The number of oxime groups is 1. The van der Waals surface area contributed by atoms with Gasteiger partial charge in [0.15, 0.2) is 5.71 Å². The summed E-state index contributed by atoms with van der Waals surface area (Å²) in [7, 11) is 4.09. The van der Waals surface area contributed by atoms with Crippen molar-refractivity contribution in [2.45, 2.75) is 0 Å². The summed E-state index contributed by atoms with van der Waals surface area (Å²) in [5.74, 6) is -0.594. The second kappa shape index (κ2) is 6.19. The summed E-state index contributed by atoms with van der Waals surface area (Å²) in [4.78, 5) is 15.5. The summed E-state index contributed by atoms with van der Waals surface area (Å²) in [5, 5.41) is 3.48. The van der Waals surface area contributed by atoms with E-state index in [9.17, 15) is 4.79 Å². The third-order valence-corrected chi connectivity index (χ3v) is 1.21. The van der Waals surface area contributed by atoms with Crippen LogP contribution in [0.3, 0.4) is 0 Å². The van der Waals surface area contributed by atoms with Crippen molar-refractivity contribution in [1.29, 1.82) is 0 Å². The molecule has 0 spiro atoms. The summed E-state index contributed by atoms with van der Waals surface area (Å²) >= 11 is 0. The Morgan fingerprint density at radius 2 is 2.00 bits per heavy atom. The minimum atomic E-state index is -0.594. The Kier molecular flexibility index (Phi) is 5.54. The van der Waals surface area contributed by atoms with Gasteiger partial charge < -0.3 is 14.3 Å². The Bertz CT molecular complexity index is 222. The molecule has 0 radical (unpaired) electrons. The second-order valence-electron chi connectivity index (χ2n) is 2.15. The van der Waals surface area contributed by atoms with Crippen molar-refractivity contribution >= 4 is 11.7 Å². The second-order valence-corrected chi connectivity index (χ2v) is 2.15. The monoisotopic (exact) mass is 187 g/mol. The number of carbonyl (C=O) groups is 1. The van der Waals surface area contributed by atoms with E-state index in [1.54, 1.807) is 0 Å². The Hall–Kier alpha value is -1.36. The first-order valence-corrected chi connectivity index (χ1v) is 3.53. The summed E-state index contributed by atoms with van der Waals surface area (Å²) in [5.41, 5.74) is 0.447. The smallest absolute Gasteiger partial charge is 0.360 e. The Labute approximate surface area is 77.0 Å². The van der Waals surface area contributed by atoms with Crippen LogP contribution in [-0.2, 0) is 19.1 Å². The zero-order valence-corrected chi connectivity index (χ0v) is 7.99. The van der Waals surface area contributed by atoms with E-state index in [2.05, 4.69) is 21.3 Å². The molecule has 0 saturated carbocycles. The molecule has 0 fully saturated rings. The van der Waals surface area contributed by atoms with Gasteiger partial charge in [0.25, 0.3) is 0 Å². The lowest BCUT2D eigenvalue weighted by atomic mass is 10.2. The molecule has 13 heavy (non-hydrogen) atoms. The highest BCUT2D eigenvalue weighted by atomic mass is 16.6. The molecule has 0 bridgehead atoms. The first-order chi connectivity index (χ1) is 6.17. The van der Waals surface area contributed by atoms with Gasteiger partial charge in [-0.3, -0.25) is 0 Å². The summed E-state index contributed by atoms with van der Waals surface area (Å²) in [6.45, 7) is 3.80. The molecule has 0 N–H and O–H groups in total. The van der Waals surface area contributed by atoms with Crippen LogP contribution in [0.1, 0.15) is 0 Å². The molecule has 0 heterocycles. The number of rotatable bonds is 5. The molecule has 0 aliphatic carbocycles. The van der Waals surface area contributed by atoms with Crippen molar-refractivity contribution in [3.05, 3.63) is 12.2 Å². The zero-order valence-electron chi connectivity index (χ0n) is 7.99. The standard InChI is InChI=1S/C8H13NO4/c1-6(5-11-2)7(9-13-4)8(10)12-3/h1,5H2,2-4H3. The molecular weight excluding hydrogens is 174 g/mol. The molecule has 5 heteroatoms. The number of hydrogen-bond donors (Lipinski definition) is 0. The molecule has 0 saturated heterocycles. The Morgan fingerprint density at radius 3 is 2.38 bits per heavy atom. The van der Waals surface area contributed by atoms with E-state index in [-0.39, 0.29) is 12.3 Å². The van der Waals surface area contributed by atoms with Crippen LogP contribution >= 0.6 is 0 Å². The minimum absolute atomic E-state index is 0.0341. The Balaban J connectivity index is 4.52. The summed E-state index contributed by atoms with van der Waals surface area (Å²) < 4.78 is 9.25. The number of carbonyl (C=O) groups excluding carboxylic acids is 1. The lowest BCUT2D eigenvalue weighted by molar-refractivity contribution is -0.132. The van der Waals surface area contributed by atoms with E-state index < -0.39 is 5.97 Å². The van der Waals surface area contributed by atoms with Gasteiger partial charge in [0, 0.05) is 12.7 Å². The van der Waals surface area contributed by atoms with E-state index in [0.29, 0.717) is 5.57 Å². The molecule has 0 aromatic carbocycles. The highest BCUT2D eigenvalue weighted by Gasteiger charge is 2.16. The topological polar surface area (TPSA) is 57.1 Å². The number of nitrogens with zero attached hydrogens (tertiary/aromatic N) is 1. The van der Waals surface area contributed by atoms with Gasteiger partial charge >= 0.3 is 5.97 Å². The Morgan fingerprint density at radius 1 is 1.38 bits per heavy atom. The normalized spacial score (nSPS) is 10.8. The van der Waals surface area contributed by atoms with E-state index in [0.717, 1.165) is 0 Å². The van der Waals surface area contributed by atoms with Crippen molar-refractivity contribution in [2.24, 2.45) is 5.16 Å². The highest BCUT2D eigenvalue weighted by molar-refractivity contribution is 6.43. The number of methoxy groups -OCH3 is 2. The number of hydrogen-bond acceptors (Lipinski definition) is 5. The van der Waals surface area contributed by atoms with Gasteiger partial charge in [0.1, 0.15) is 7.11 Å². The van der Waals surface area contributed by atoms with E-state index in [4.69, 9.17) is 4.74 Å². The quantitative estimate of drug-likeness (QED) is 0.354. The minimum Gasteiger partial charge on any atom is -0.464 e. The van der Waals surface area contributed by atoms with E-state index in [1.165, 1.54) is 21.3 Å². The molecule has 0 rings (SSSR count). The van der Waals surface area contributed by atoms with Crippen LogP contribution in [0.15, 0.2) is 17.3 Å². The molecule has 0 amide bonds. The van der Waals surface area contributed by atoms with Crippen molar-refractivity contribution in [3.63, 3.8) is 0 Å². The van der Waals surface area contributed by atoms with Crippen LogP contribution in [0.2, 0.25) is 0 Å². The van der Waals surface area contributed by atoms with Crippen LogP contribution in [0, 0.1) is 0 Å². The lowest BCUT2D eigenvalue weighted by Gasteiger charge is -2.05. The SMILES string of the molecule is C=C(COC)C(=NOC)C(=O)OC. The van der Waals surface area contributed by atoms with Crippen molar-refractivity contribution < 1.29 is 19.1 Å². The fraction of sp³-hybridized carbons (Fsp3) is 0.500. The van der Waals surface area contributed by atoms with Crippen molar-refractivity contribution in [2.75, 3.05) is 27.9 Å². The maximum Gasteiger partial charge on any atom is 0.360 e. The molecular formula is C8H13NO4. The van der Waals surface area contributed by atoms with Crippen LogP contribution in [0.5, 0.6) is 0 Å². The molecule has 0 aromatic heterocycles. The van der Waals surface area contributed by atoms with Gasteiger partial charge in [-0.05, 0) is 0 Å². The third kappa shape index (κ3) is 3.71. The van der Waals surface area contributed by atoms with Gasteiger partial charge in [-0.2, -0.15) is 0 Å². The first kappa shape index (κ1) is 11.6. The van der Waals surface area contributed by atoms with E-state index >= 15 is 0 Å². The molecule has 0 aromatic rings. The number of esters is 1. The number of ether oxygens (including phenoxy) is 2. The van der Waals surface area contributed by atoms with Gasteiger partial charge in [-0.25, -0.2) is 4.79 Å². The van der Waals surface area contributed by atoms with Gasteiger partial charge in [0.2, 0.25) is 0 Å². The maximum absolute atomic E-state index is 11.1. The average Bonchev–Trinajstić information content (AvgIpc) is 2.13. The van der Waals surface area contributed by atoms with Crippen molar-refractivity contribution in [3.8, 4) is 0 Å². The zero-order chi connectivity index (χ0) is 10.3. The fourth-order valence-corrected chi connectivity index (χ4v) is 0.677. The molecule has 5 nitrogen and oxygen atoms in total. The largest absolute Gasteiger partial charge is 0.464 e. The van der Waals surface area contributed by atoms with Crippen LogP contribution in [0.25, 0.3) is 0 Å². The van der Waals surface area contributed by atoms with Crippen molar-refractivity contribution in [1.82, 2.24) is 0 Å².